The predicted molar refractivity (Wildman–Crippen MR) is 81.9 cm³/mol. The summed E-state index contributed by atoms with van der Waals surface area (Å²) < 4.78 is 12.3. The Bertz CT molecular complexity index is 65.6. The molecule has 0 aromatic heterocycles. The Balaban J connectivity index is -0.0000000860. The van der Waals surface area contributed by atoms with Crippen LogP contribution < -0.4 is 0 Å². The van der Waals surface area contributed by atoms with E-state index in [1.807, 2.05) is 32.6 Å². The van der Waals surface area contributed by atoms with Gasteiger partial charge in [-0.15, -0.1) is 0 Å². The Kier molecular flexibility index (Phi) is 48.4. The standard InChI is InChI=1S/C8H17F.2C2H6.CH3I/c1-4-5-7(2)6-8(3)9;3*1-2/h7-8H,4-6H2,1-3H3;2*1-2H3;1H3. The molecule has 2 heteroatoms. The Morgan fingerprint density at radius 1 is 1.00 bits per heavy atom. The van der Waals surface area contributed by atoms with Gasteiger partial charge in [0.25, 0.3) is 0 Å². The minimum absolute atomic E-state index is 0.565. The quantitative estimate of drug-likeness (QED) is 0.419. The van der Waals surface area contributed by atoms with E-state index in [1.165, 1.54) is 6.42 Å². The highest BCUT2D eigenvalue weighted by Crippen LogP contribution is 2.13. The van der Waals surface area contributed by atoms with Gasteiger partial charge in [-0.25, -0.2) is 4.39 Å². The van der Waals surface area contributed by atoms with Crippen molar-refractivity contribution in [1.29, 1.82) is 0 Å². The summed E-state index contributed by atoms with van der Waals surface area (Å²) in [5, 5.41) is 0. The van der Waals surface area contributed by atoms with Gasteiger partial charge in [0.05, 0.1) is 6.17 Å². The van der Waals surface area contributed by atoms with E-state index in [9.17, 15) is 4.39 Å². The number of hydrogen-bond donors (Lipinski definition) is 0. The van der Waals surface area contributed by atoms with Crippen molar-refractivity contribution in [2.45, 2.75) is 73.9 Å². The summed E-state index contributed by atoms with van der Waals surface area (Å²) in [7, 11) is 0. The number of halogens is 2. The number of hydrogen-bond acceptors (Lipinski definition) is 0. The lowest BCUT2D eigenvalue weighted by Gasteiger charge is -2.09. The molecule has 0 rings (SSSR count). The summed E-state index contributed by atoms with van der Waals surface area (Å²) >= 11 is 2.15. The first-order valence-electron chi connectivity index (χ1n) is 6.18. The lowest BCUT2D eigenvalue weighted by atomic mass is 10.0. The van der Waals surface area contributed by atoms with Crippen molar-refractivity contribution < 1.29 is 4.39 Å². The zero-order valence-electron chi connectivity index (χ0n) is 12.0. The smallest absolute Gasteiger partial charge is 0.0976 e. The lowest BCUT2D eigenvalue weighted by molar-refractivity contribution is 0.289. The second kappa shape index (κ2) is 29.3. The minimum atomic E-state index is -0.619. The zero-order valence-corrected chi connectivity index (χ0v) is 14.2. The van der Waals surface area contributed by atoms with Gasteiger partial charge in [0, 0.05) is 0 Å². The van der Waals surface area contributed by atoms with Crippen LogP contribution in [0.3, 0.4) is 0 Å². The van der Waals surface area contributed by atoms with Crippen LogP contribution in [-0.2, 0) is 0 Å². The molecule has 0 fully saturated rings. The van der Waals surface area contributed by atoms with Crippen LogP contribution in [0.2, 0.25) is 0 Å². The van der Waals surface area contributed by atoms with Crippen molar-refractivity contribution in [2.24, 2.45) is 5.92 Å². The highest BCUT2D eigenvalue weighted by atomic mass is 127. The minimum Gasteiger partial charge on any atom is -0.248 e. The highest BCUT2D eigenvalue weighted by Gasteiger charge is 2.04. The van der Waals surface area contributed by atoms with E-state index >= 15 is 0 Å². The second-order valence-corrected chi connectivity index (χ2v) is 2.91. The fourth-order valence-electron chi connectivity index (χ4n) is 1.17. The third kappa shape index (κ3) is 40.0. The molecule has 0 heterocycles. The summed E-state index contributed by atoms with van der Waals surface area (Å²) in [5.74, 6) is 0.565. The van der Waals surface area contributed by atoms with E-state index < -0.39 is 6.17 Å². The summed E-state index contributed by atoms with van der Waals surface area (Å²) in [5.41, 5.74) is 0. The average Bonchev–Trinajstić information content (AvgIpc) is 2.26. The molecule has 0 aliphatic rings. The van der Waals surface area contributed by atoms with Crippen LogP contribution in [0.5, 0.6) is 0 Å². The summed E-state index contributed by atoms with van der Waals surface area (Å²) in [6.07, 6.45) is 2.45. The largest absolute Gasteiger partial charge is 0.248 e. The fraction of sp³-hybridized carbons (Fsp3) is 1.00. The first-order chi connectivity index (χ1) is 7.16. The molecular weight excluding hydrogens is 302 g/mol. The van der Waals surface area contributed by atoms with E-state index in [0.29, 0.717) is 5.92 Å². The van der Waals surface area contributed by atoms with Crippen LogP contribution in [0.1, 0.15) is 67.7 Å². The molecule has 0 N–H and O–H groups in total. The number of alkyl halides is 2. The average molecular weight is 334 g/mol. The topological polar surface area (TPSA) is 0 Å². The molecule has 0 bridgehead atoms. The van der Waals surface area contributed by atoms with Crippen molar-refractivity contribution in [3.63, 3.8) is 0 Å². The van der Waals surface area contributed by atoms with Gasteiger partial charge in [-0.2, -0.15) is 0 Å². The Morgan fingerprint density at radius 2 is 1.33 bits per heavy atom. The van der Waals surface area contributed by atoms with Crippen molar-refractivity contribution in [1.82, 2.24) is 0 Å². The lowest BCUT2D eigenvalue weighted by Crippen LogP contribution is -2.01. The molecule has 0 aliphatic heterocycles. The summed E-state index contributed by atoms with van der Waals surface area (Å²) in [4.78, 5) is 1.97. The van der Waals surface area contributed by atoms with Crippen LogP contribution in [-0.4, -0.2) is 11.1 Å². The van der Waals surface area contributed by atoms with Crippen LogP contribution in [0.15, 0.2) is 0 Å². The Morgan fingerprint density at radius 3 is 1.53 bits per heavy atom. The third-order valence-corrected chi connectivity index (χ3v) is 1.51. The van der Waals surface area contributed by atoms with Gasteiger partial charge >= 0.3 is 0 Å². The second-order valence-electron chi connectivity index (χ2n) is 2.91. The monoisotopic (exact) mass is 334 g/mol. The maximum Gasteiger partial charge on any atom is 0.0976 e. The number of rotatable bonds is 4. The van der Waals surface area contributed by atoms with Gasteiger partial charge in [0.1, 0.15) is 0 Å². The first-order valence-corrected chi connectivity index (χ1v) is 8.34. The predicted octanol–water partition coefficient (Wildman–Crippen LogP) is 6.27. The summed E-state index contributed by atoms with van der Waals surface area (Å²) in [6.45, 7) is 13.9. The fourth-order valence-corrected chi connectivity index (χ4v) is 1.17. The van der Waals surface area contributed by atoms with Gasteiger partial charge in [0.2, 0.25) is 0 Å². The first kappa shape index (κ1) is 24.8. The molecule has 98 valence electrons. The van der Waals surface area contributed by atoms with Gasteiger partial charge < -0.3 is 0 Å². The van der Waals surface area contributed by atoms with Crippen LogP contribution in [0.4, 0.5) is 4.39 Å². The van der Waals surface area contributed by atoms with Crippen LogP contribution >= 0.6 is 22.6 Å². The maximum atomic E-state index is 12.3. The molecular formula is C13H32FI. The molecule has 0 nitrogen and oxygen atoms in total. The van der Waals surface area contributed by atoms with Crippen LogP contribution in [0.25, 0.3) is 0 Å². The molecule has 0 aromatic carbocycles. The molecule has 0 aliphatic carbocycles. The molecule has 0 saturated carbocycles. The Hall–Kier alpha value is 0.660. The van der Waals surface area contributed by atoms with E-state index in [0.717, 1.165) is 12.8 Å². The highest BCUT2D eigenvalue weighted by molar-refractivity contribution is 14.1. The SMILES string of the molecule is CC.CC.CCCC(C)CC(C)F.CI. The van der Waals surface area contributed by atoms with Gasteiger partial charge in [-0.05, 0) is 24.2 Å². The molecule has 0 radical (unpaired) electrons. The molecule has 0 spiro atoms. The summed E-state index contributed by atoms with van der Waals surface area (Å²) in [6, 6.07) is 0. The van der Waals surface area contributed by atoms with Crippen molar-refractivity contribution in [3.8, 4) is 0 Å². The molecule has 2 unspecified atom stereocenters. The molecule has 15 heavy (non-hydrogen) atoms. The molecule has 0 aromatic rings. The van der Waals surface area contributed by atoms with E-state index in [1.54, 1.807) is 6.92 Å². The van der Waals surface area contributed by atoms with Gasteiger partial charge in [-0.3, -0.25) is 0 Å². The van der Waals surface area contributed by atoms with Gasteiger partial charge in [-0.1, -0.05) is 77.0 Å². The normalized spacial score (nSPS) is 11.6. The molecule has 0 amide bonds. The van der Waals surface area contributed by atoms with Crippen molar-refractivity contribution in [2.75, 3.05) is 4.93 Å². The van der Waals surface area contributed by atoms with E-state index in [-0.39, 0.29) is 0 Å². The van der Waals surface area contributed by atoms with E-state index in [4.69, 9.17) is 0 Å². The van der Waals surface area contributed by atoms with E-state index in [2.05, 4.69) is 36.4 Å². The van der Waals surface area contributed by atoms with Crippen molar-refractivity contribution in [3.05, 3.63) is 0 Å². The third-order valence-electron chi connectivity index (χ3n) is 1.51. The van der Waals surface area contributed by atoms with Crippen molar-refractivity contribution >= 4 is 22.6 Å². The molecule has 0 saturated heterocycles. The van der Waals surface area contributed by atoms with Gasteiger partial charge in [0.15, 0.2) is 0 Å². The maximum absolute atomic E-state index is 12.3. The Labute approximate surface area is 112 Å². The zero-order chi connectivity index (χ0) is 13.3. The van der Waals surface area contributed by atoms with Crippen LogP contribution in [0, 0.1) is 5.92 Å². The molecule has 2 atom stereocenters.